The minimum atomic E-state index is 1.23. The summed E-state index contributed by atoms with van der Waals surface area (Å²) in [6, 6.07) is 26.9. The molecule has 0 saturated carbocycles. The van der Waals surface area contributed by atoms with Gasteiger partial charge in [-0.3, -0.25) is 9.97 Å². The molecule has 0 aliphatic carbocycles. The average molecular weight is 621 g/mol. The number of rotatable bonds is 4. The van der Waals surface area contributed by atoms with Crippen LogP contribution in [0, 0.1) is 0 Å². The van der Waals surface area contributed by atoms with Crippen LogP contribution >= 0.6 is 68.0 Å². The SMILES string of the molecule is c1cc(-c2ccc(-c3cc4sc5cc6c(cc5c4s3)sc3cc(-c4ccc(-c5ccncc5)s4)sc36)s2)ccn1. The van der Waals surface area contributed by atoms with Gasteiger partial charge in [-0.1, -0.05) is 0 Å². The Labute approximate surface area is 253 Å². The smallest absolute Gasteiger partial charge is 0.0536 e. The van der Waals surface area contributed by atoms with Crippen LogP contribution in [-0.2, 0) is 0 Å². The maximum atomic E-state index is 4.16. The van der Waals surface area contributed by atoms with Gasteiger partial charge >= 0.3 is 0 Å². The molecule has 0 atom stereocenters. The maximum absolute atomic E-state index is 4.16. The minimum absolute atomic E-state index is 1.23. The van der Waals surface area contributed by atoms with Crippen molar-refractivity contribution in [2.24, 2.45) is 0 Å². The van der Waals surface area contributed by atoms with Gasteiger partial charge in [-0.05, 0) is 83.9 Å². The highest BCUT2D eigenvalue weighted by atomic mass is 32.1. The van der Waals surface area contributed by atoms with Gasteiger partial charge in [0.1, 0.15) is 0 Å². The van der Waals surface area contributed by atoms with Crippen LogP contribution in [0.25, 0.3) is 79.4 Å². The lowest BCUT2D eigenvalue weighted by Gasteiger charge is -1.95. The lowest BCUT2D eigenvalue weighted by molar-refractivity contribution is 1.33. The number of benzene rings is 1. The standard InChI is InChI=1S/C32H16N2S6/c1-3-23(35-21(1)17-5-9-33-10-6-17)27-15-29-31(39-27)19-13-26-20(14-25(19)37-29)32-30(38-26)16-28(40-32)24-4-2-22(36-24)18-7-11-34-12-8-18/h1-16H. The largest absolute Gasteiger partial charge is 0.265 e. The van der Waals surface area contributed by atoms with Crippen molar-refractivity contribution in [2.45, 2.75) is 0 Å². The Morgan fingerprint density at radius 2 is 0.775 bits per heavy atom. The first-order valence-electron chi connectivity index (χ1n) is 12.6. The molecule has 40 heavy (non-hydrogen) atoms. The van der Waals surface area contributed by atoms with Crippen molar-refractivity contribution in [1.29, 1.82) is 0 Å². The van der Waals surface area contributed by atoms with Gasteiger partial charge in [-0.15, -0.1) is 68.0 Å². The molecular weight excluding hydrogens is 605 g/mol. The molecule has 0 aliphatic rings. The molecule has 0 fully saturated rings. The summed E-state index contributed by atoms with van der Waals surface area (Å²) in [6.45, 7) is 0. The fourth-order valence-corrected chi connectivity index (χ4v) is 12.4. The second kappa shape index (κ2) is 9.14. The van der Waals surface area contributed by atoms with Crippen molar-refractivity contribution in [3.8, 4) is 40.4 Å². The molecule has 0 aliphatic heterocycles. The third-order valence-electron chi connectivity index (χ3n) is 7.03. The predicted octanol–water partition coefficient (Wildman–Crippen LogP) is 12.1. The normalized spacial score (nSPS) is 12.0. The van der Waals surface area contributed by atoms with E-state index in [2.05, 4.69) is 82.8 Å². The lowest BCUT2D eigenvalue weighted by Crippen LogP contribution is -1.71. The molecule has 190 valence electrons. The summed E-state index contributed by atoms with van der Waals surface area (Å²) < 4.78 is 8.36. The third kappa shape index (κ3) is 3.75. The van der Waals surface area contributed by atoms with Crippen molar-refractivity contribution >= 4 is 107 Å². The Morgan fingerprint density at radius 3 is 1.23 bits per heavy atom. The molecule has 2 nitrogen and oxygen atoms in total. The first-order chi connectivity index (χ1) is 19.8. The molecule has 0 spiro atoms. The van der Waals surface area contributed by atoms with Crippen molar-refractivity contribution in [3.63, 3.8) is 0 Å². The van der Waals surface area contributed by atoms with Crippen LogP contribution in [0.4, 0.5) is 0 Å². The van der Waals surface area contributed by atoms with Gasteiger partial charge in [0.2, 0.25) is 0 Å². The molecule has 8 aromatic heterocycles. The van der Waals surface area contributed by atoms with Crippen molar-refractivity contribution < 1.29 is 0 Å². The molecule has 9 rings (SSSR count). The molecule has 0 radical (unpaired) electrons. The summed E-state index contributed by atoms with van der Waals surface area (Å²) in [5.74, 6) is 0. The molecule has 1 aromatic carbocycles. The summed E-state index contributed by atoms with van der Waals surface area (Å²) in [4.78, 5) is 16.3. The van der Waals surface area contributed by atoms with Crippen LogP contribution < -0.4 is 0 Å². The zero-order valence-corrected chi connectivity index (χ0v) is 25.5. The highest BCUT2D eigenvalue weighted by Gasteiger charge is 2.17. The lowest BCUT2D eigenvalue weighted by atomic mass is 10.2. The van der Waals surface area contributed by atoms with Crippen LogP contribution in [0.2, 0.25) is 0 Å². The summed E-state index contributed by atoms with van der Waals surface area (Å²) >= 11 is 11.4. The zero-order valence-electron chi connectivity index (χ0n) is 20.6. The summed E-state index contributed by atoms with van der Waals surface area (Å²) in [6.07, 6.45) is 7.45. The van der Waals surface area contributed by atoms with Gasteiger partial charge in [-0.2, -0.15) is 0 Å². The van der Waals surface area contributed by atoms with Crippen molar-refractivity contribution in [1.82, 2.24) is 9.97 Å². The molecule has 8 heteroatoms. The van der Waals surface area contributed by atoms with Crippen LogP contribution in [-0.4, -0.2) is 9.97 Å². The fourth-order valence-electron chi connectivity index (χ4n) is 5.12. The second-order valence-corrected chi connectivity index (χ2v) is 15.9. The van der Waals surface area contributed by atoms with Crippen molar-refractivity contribution in [2.75, 3.05) is 0 Å². The van der Waals surface area contributed by atoms with E-state index in [9.17, 15) is 0 Å². The van der Waals surface area contributed by atoms with Crippen LogP contribution in [0.3, 0.4) is 0 Å². The van der Waals surface area contributed by atoms with E-state index in [1.54, 1.807) is 0 Å². The van der Waals surface area contributed by atoms with E-state index in [4.69, 9.17) is 0 Å². The quantitative estimate of drug-likeness (QED) is 0.196. The van der Waals surface area contributed by atoms with Gasteiger partial charge in [0, 0.05) is 83.6 Å². The Hall–Kier alpha value is -3.24. The summed E-state index contributed by atoms with van der Waals surface area (Å²) in [5.41, 5.74) is 2.46. The highest BCUT2D eigenvalue weighted by Crippen LogP contribution is 2.50. The highest BCUT2D eigenvalue weighted by molar-refractivity contribution is 7.36. The average Bonchev–Trinajstić information content (AvgIpc) is 3.82. The van der Waals surface area contributed by atoms with E-state index in [1.165, 1.54) is 79.4 Å². The number of hydrogen-bond donors (Lipinski definition) is 0. The number of fused-ring (bicyclic) bond motifs is 6. The molecule has 9 aromatic rings. The van der Waals surface area contributed by atoms with Crippen LogP contribution in [0.1, 0.15) is 0 Å². The predicted molar refractivity (Wildman–Crippen MR) is 181 cm³/mol. The maximum Gasteiger partial charge on any atom is 0.0536 e. The minimum Gasteiger partial charge on any atom is -0.265 e. The first kappa shape index (κ1) is 23.5. The molecule has 0 bridgehead atoms. The Bertz CT molecular complexity index is 2160. The number of thiophene rings is 6. The molecule has 0 N–H and O–H groups in total. The van der Waals surface area contributed by atoms with E-state index < -0.39 is 0 Å². The zero-order chi connectivity index (χ0) is 26.2. The second-order valence-electron chi connectivity index (χ2n) is 9.46. The summed E-state index contributed by atoms with van der Waals surface area (Å²) in [7, 11) is 0. The van der Waals surface area contributed by atoms with Crippen LogP contribution in [0.5, 0.6) is 0 Å². The summed E-state index contributed by atoms with van der Waals surface area (Å²) in [5, 5.41) is 2.79. The number of nitrogens with zero attached hydrogens (tertiary/aromatic N) is 2. The van der Waals surface area contributed by atoms with E-state index >= 15 is 0 Å². The Balaban J connectivity index is 1.09. The molecule has 0 unspecified atom stereocenters. The molecule has 0 amide bonds. The van der Waals surface area contributed by atoms with Crippen LogP contribution in [0.15, 0.2) is 97.6 Å². The van der Waals surface area contributed by atoms with Gasteiger partial charge in [0.25, 0.3) is 0 Å². The number of hydrogen-bond acceptors (Lipinski definition) is 8. The number of pyridine rings is 2. The van der Waals surface area contributed by atoms with Gasteiger partial charge < -0.3 is 0 Å². The Kier molecular flexibility index (Phi) is 5.36. The number of aromatic nitrogens is 2. The third-order valence-corrected chi connectivity index (χ3v) is 14.5. The Morgan fingerprint density at radius 1 is 0.350 bits per heavy atom. The van der Waals surface area contributed by atoms with E-state index in [0.717, 1.165) is 0 Å². The van der Waals surface area contributed by atoms with Gasteiger partial charge in [-0.25, -0.2) is 0 Å². The van der Waals surface area contributed by atoms with Gasteiger partial charge in [0.05, 0.1) is 9.40 Å². The molecule has 0 saturated heterocycles. The van der Waals surface area contributed by atoms with Crippen molar-refractivity contribution in [3.05, 3.63) is 97.6 Å². The fraction of sp³-hybridized carbons (Fsp3) is 0. The molecule has 8 heterocycles. The molecular formula is C32H16N2S6. The van der Waals surface area contributed by atoms with E-state index in [0.29, 0.717) is 0 Å². The topological polar surface area (TPSA) is 25.8 Å². The monoisotopic (exact) mass is 620 g/mol. The van der Waals surface area contributed by atoms with E-state index in [-0.39, 0.29) is 0 Å². The first-order valence-corrected chi connectivity index (χ1v) is 17.5. The van der Waals surface area contributed by atoms with Gasteiger partial charge in [0.15, 0.2) is 0 Å². The van der Waals surface area contributed by atoms with E-state index in [1.807, 2.05) is 92.8 Å².